The highest BCUT2D eigenvalue weighted by Crippen LogP contribution is 2.14. The minimum Gasteiger partial charge on any atom is -0.379 e. The summed E-state index contributed by atoms with van der Waals surface area (Å²) < 4.78 is 0. The van der Waals surface area contributed by atoms with Crippen molar-refractivity contribution in [2.24, 2.45) is 4.99 Å². The fourth-order valence-electron chi connectivity index (χ4n) is 3.12. The number of aliphatic hydroxyl groups is 1. The van der Waals surface area contributed by atoms with Crippen LogP contribution in [-0.2, 0) is 0 Å². The van der Waals surface area contributed by atoms with Crippen LogP contribution in [0.2, 0.25) is 0 Å². The number of hydrogen-bond acceptors (Lipinski definition) is 3. The Labute approximate surface area is 143 Å². The van der Waals surface area contributed by atoms with Gasteiger partial charge in [-0.05, 0) is 25.8 Å². The molecular formula is C20H38N2O. The lowest BCUT2D eigenvalue weighted by molar-refractivity contribution is 0.0214. The summed E-state index contributed by atoms with van der Waals surface area (Å²) in [5, 5.41) is 9.64. The summed E-state index contributed by atoms with van der Waals surface area (Å²) in [7, 11) is 0. The standard InChI is InChI=1S/C20H38N2O/c1-3-4-5-6-7-8-9-10-11-12-13-14-15-16-20-21-17-18-22(20)19(2)23/h15-17,19-20,23H,3-14,18H2,1-2H3/b16-15+. The number of rotatable bonds is 14. The predicted molar refractivity (Wildman–Crippen MR) is 101 cm³/mol. The molecular weight excluding hydrogens is 284 g/mol. The molecule has 1 heterocycles. The average molecular weight is 323 g/mol. The zero-order valence-corrected chi connectivity index (χ0v) is 15.4. The first-order chi connectivity index (χ1) is 11.3. The van der Waals surface area contributed by atoms with Gasteiger partial charge in [-0.15, -0.1) is 0 Å². The Balaban J connectivity index is 1.88. The van der Waals surface area contributed by atoms with Crippen molar-refractivity contribution in [1.82, 2.24) is 4.90 Å². The van der Waals surface area contributed by atoms with Gasteiger partial charge in [0.15, 0.2) is 0 Å². The molecule has 0 fully saturated rings. The molecule has 2 atom stereocenters. The highest BCUT2D eigenvalue weighted by molar-refractivity contribution is 5.62. The van der Waals surface area contributed by atoms with E-state index in [2.05, 4.69) is 24.1 Å². The van der Waals surface area contributed by atoms with Gasteiger partial charge in [0.25, 0.3) is 0 Å². The fraction of sp³-hybridized carbons (Fsp3) is 0.850. The van der Waals surface area contributed by atoms with Crippen molar-refractivity contribution in [3.63, 3.8) is 0 Å². The van der Waals surface area contributed by atoms with Crippen molar-refractivity contribution in [2.75, 3.05) is 6.54 Å². The largest absolute Gasteiger partial charge is 0.379 e. The minimum absolute atomic E-state index is 0.0442. The smallest absolute Gasteiger partial charge is 0.122 e. The van der Waals surface area contributed by atoms with Crippen LogP contribution in [0.3, 0.4) is 0 Å². The second-order valence-electron chi connectivity index (χ2n) is 6.83. The van der Waals surface area contributed by atoms with Crippen molar-refractivity contribution in [2.45, 2.75) is 103 Å². The second kappa shape index (κ2) is 13.7. The molecule has 0 radical (unpaired) electrons. The van der Waals surface area contributed by atoms with Gasteiger partial charge in [-0.25, -0.2) is 4.90 Å². The molecule has 2 unspecified atom stereocenters. The molecule has 1 N–H and O–H groups in total. The summed E-state index contributed by atoms with van der Waals surface area (Å²) >= 11 is 0. The minimum atomic E-state index is -0.422. The van der Waals surface area contributed by atoms with E-state index in [1.54, 1.807) is 6.92 Å². The Morgan fingerprint density at radius 1 is 1.04 bits per heavy atom. The van der Waals surface area contributed by atoms with Crippen LogP contribution in [0.15, 0.2) is 17.1 Å². The summed E-state index contributed by atoms with van der Waals surface area (Å²) in [6.07, 6.45) is 22.3. The molecule has 0 saturated carbocycles. The highest BCUT2D eigenvalue weighted by atomic mass is 16.3. The Morgan fingerprint density at radius 2 is 1.61 bits per heavy atom. The van der Waals surface area contributed by atoms with Gasteiger partial charge in [0.1, 0.15) is 12.4 Å². The number of nitrogens with zero attached hydrogens (tertiary/aromatic N) is 2. The zero-order chi connectivity index (χ0) is 16.8. The molecule has 134 valence electrons. The average Bonchev–Trinajstić information content (AvgIpc) is 3.00. The van der Waals surface area contributed by atoms with E-state index in [0.29, 0.717) is 0 Å². The molecule has 0 aromatic rings. The molecule has 0 aromatic heterocycles. The molecule has 3 heteroatoms. The van der Waals surface area contributed by atoms with Crippen molar-refractivity contribution >= 4 is 6.21 Å². The van der Waals surface area contributed by atoms with Crippen LogP contribution >= 0.6 is 0 Å². The van der Waals surface area contributed by atoms with Gasteiger partial charge >= 0.3 is 0 Å². The quantitative estimate of drug-likeness (QED) is 0.348. The van der Waals surface area contributed by atoms with Crippen molar-refractivity contribution in [3.05, 3.63) is 12.2 Å². The molecule has 0 aliphatic carbocycles. The number of allylic oxidation sites excluding steroid dienone is 1. The van der Waals surface area contributed by atoms with Gasteiger partial charge in [-0.3, -0.25) is 4.99 Å². The van der Waals surface area contributed by atoms with E-state index in [0.717, 1.165) is 13.0 Å². The zero-order valence-electron chi connectivity index (χ0n) is 15.4. The van der Waals surface area contributed by atoms with Crippen LogP contribution in [0.5, 0.6) is 0 Å². The van der Waals surface area contributed by atoms with E-state index in [-0.39, 0.29) is 6.17 Å². The number of aliphatic hydroxyl groups excluding tert-OH is 1. The van der Waals surface area contributed by atoms with Gasteiger partial charge < -0.3 is 5.11 Å². The topological polar surface area (TPSA) is 35.8 Å². The van der Waals surface area contributed by atoms with E-state index < -0.39 is 6.23 Å². The molecule has 1 rings (SSSR count). The molecule has 0 amide bonds. The molecule has 0 aromatic carbocycles. The van der Waals surface area contributed by atoms with E-state index >= 15 is 0 Å². The number of hydrogen-bond donors (Lipinski definition) is 1. The van der Waals surface area contributed by atoms with E-state index in [1.165, 1.54) is 70.6 Å². The van der Waals surface area contributed by atoms with Crippen LogP contribution in [0, 0.1) is 0 Å². The third kappa shape index (κ3) is 9.93. The van der Waals surface area contributed by atoms with Gasteiger partial charge in [-0.1, -0.05) is 77.2 Å². The first kappa shape index (κ1) is 20.4. The monoisotopic (exact) mass is 322 g/mol. The SMILES string of the molecule is CCCCCCCCCCCCC/C=C/C1N=CCN1C(C)O. The van der Waals surface area contributed by atoms with E-state index in [4.69, 9.17) is 0 Å². The van der Waals surface area contributed by atoms with Gasteiger partial charge in [0.05, 0.1) is 0 Å². The summed E-state index contributed by atoms with van der Waals surface area (Å²) in [5.41, 5.74) is 0. The lowest BCUT2D eigenvalue weighted by Crippen LogP contribution is -2.36. The molecule has 0 saturated heterocycles. The lowest BCUT2D eigenvalue weighted by Gasteiger charge is -2.23. The Hall–Kier alpha value is -0.670. The van der Waals surface area contributed by atoms with Crippen molar-refractivity contribution < 1.29 is 5.11 Å². The maximum absolute atomic E-state index is 9.64. The fourth-order valence-corrected chi connectivity index (χ4v) is 3.12. The highest BCUT2D eigenvalue weighted by Gasteiger charge is 2.21. The van der Waals surface area contributed by atoms with E-state index in [1.807, 2.05) is 11.1 Å². The van der Waals surface area contributed by atoms with E-state index in [9.17, 15) is 5.11 Å². The van der Waals surface area contributed by atoms with Crippen LogP contribution in [0.25, 0.3) is 0 Å². The van der Waals surface area contributed by atoms with Gasteiger partial charge in [-0.2, -0.15) is 0 Å². The first-order valence-corrected chi connectivity index (χ1v) is 9.87. The Kier molecular flexibility index (Phi) is 12.2. The number of unbranched alkanes of at least 4 members (excludes halogenated alkanes) is 11. The molecule has 1 aliphatic heterocycles. The van der Waals surface area contributed by atoms with Crippen molar-refractivity contribution in [3.8, 4) is 0 Å². The summed E-state index contributed by atoms with van der Waals surface area (Å²) in [5.74, 6) is 0. The molecule has 23 heavy (non-hydrogen) atoms. The van der Waals surface area contributed by atoms with Gasteiger partial charge in [0, 0.05) is 12.8 Å². The van der Waals surface area contributed by atoms with Crippen LogP contribution in [-0.4, -0.2) is 35.2 Å². The third-order valence-corrected chi connectivity index (χ3v) is 4.65. The Bertz CT molecular complexity index is 326. The van der Waals surface area contributed by atoms with Crippen LogP contribution < -0.4 is 0 Å². The maximum atomic E-state index is 9.64. The third-order valence-electron chi connectivity index (χ3n) is 4.65. The predicted octanol–water partition coefficient (Wildman–Crippen LogP) is 5.29. The van der Waals surface area contributed by atoms with Crippen LogP contribution in [0.4, 0.5) is 0 Å². The van der Waals surface area contributed by atoms with Crippen LogP contribution in [0.1, 0.15) is 90.9 Å². The second-order valence-corrected chi connectivity index (χ2v) is 6.83. The molecule has 1 aliphatic rings. The van der Waals surface area contributed by atoms with Gasteiger partial charge in [0.2, 0.25) is 0 Å². The lowest BCUT2D eigenvalue weighted by atomic mass is 10.1. The first-order valence-electron chi connectivity index (χ1n) is 9.87. The van der Waals surface area contributed by atoms with Crippen molar-refractivity contribution in [1.29, 1.82) is 0 Å². The molecule has 0 spiro atoms. The molecule has 0 bridgehead atoms. The summed E-state index contributed by atoms with van der Waals surface area (Å²) in [6.45, 7) is 4.84. The summed E-state index contributed by atoms with van der Waals surface area (Å²) in [4.78, 5) is 6.37. The number of aliphatic imine (C=N–C) groups is 1. The Morgan fingerprint density at radius 3 is 2.17 bits per heavy atom. The summed E-state index contributed by atoms with van der Waals surface area (Å²) in [6, 6.07) is 0. The molecule has 3 nitrogen and oxygen atoms in total. The normalized spacial score (nSPS) is 19.9. The maximum Gasteiger partial charge on any atom is 0.122 e.